The Bertz CT molecular complexity index is 555. The van der Waals surface area contributed by atoms with E-state index in [0.29, 0.717) is 0 Å². The zero-order chi connectivity index (χ0) is 12.5. The summed E-state index contributed by atoms with van der Waals surface area (Å²) in [5.41, 5.74) is 4.89. The van der Waals surface area contributed by atoms with Crippen LogP contribution in [-0.2, 0) is 13.6 Å². The van der Waals surface area contributed by atoms with Gasteiger partial charge in [-0.15, -0.1) is 5.10 Å². The number of rotatable bonds is 4. The molecule has 0 bridgehead atoms. The smallest absolute Gasteiger partial charge is 0.0884 e. The van der Waals surface area contributed by atoms with E-state index in [1.807, 2.05) is 17.9 Å². The molecule has 1 aliphatic rings. The molecular formula is C14H18N4. The largest absolute Gasteiger partial charge is 0.310 e. The van der Waals surface area contributed by atoms with Gasteiger partial charge in [-0.25, -0.2) is 4.68 Å². The lowest BCUT2D eigenvalue weighted by Crippen LogP contribution is -2.15. The summed E-state index contributed by atoms with van der Waals surface area (Å²) in [7, 11) is 1.92. The normalized spacial score (nSPS) is 15.0. The summed E-state index contributed by atoms with van der Waals surface area (Å²) in [5.74, 6) is 0. The van der Waals surface area contributed by atoms with Gasteiger partial charge in [0.1, 0.15) is 0 Å². The minimum atomic E-state index is 0.756. The van der Waals surface area contributed by atoms with Crippen molar-refractivity contribution in [2.45, 2.75) is 32.4 Å². The van der Waals surface area contributed by atoms with Gasteiger partial charge in [-0.3, -0.25) is 0 Å². The summed E-state index contributed by atoms with van der Waals surface area (Å²) in [5, 5.41) is 11.4. The van der Waals surface area contributed by atoms with E-state index in [1.54, 1.807) is 0 Å². The van der Waals surface area contributed by atoms with Gasteiger partial charge in [0.05, 0.1) is 11.9 Å². The van der Waals surface area contributed by atoms with E-state index < -0.39 is 0 Å². The van der Waals surface area contributed by atoms with Gasteiger partial charge < -0.3 is 5.32 Å². The molecule has 1 N–H and O–H groups in total. The number of aryl methyl sites for hydroxylation is 2. The van der Waals surface area contributed by atoms with Crippen molar-refractivity contribution in [2.24, 2.45) is 7.05 Å². The molecule has 2 aromatic rings. The summed E-state index contributed by atoms with van der Waals surface area (Å²) in [6.07, 6.45) is 4.47. The van der Waals surface area contributed by atoms with Gasteiger partial charge in [0.25, 0.3) is 0 Å². The van der Waals surface area contributed by atoms with E-state index >= 15 is 0 Å². The van der Waals surface area contributed by atoms with Crippen molar-refractivity contribution in [1.29, 1.82) is 0 Å². The van der Waals surface area contributed by atoms with E-state index in [-0.39, 0.29) is 0 Å². The van der Waals surface area contributed by atoms with Crippen LogP contribution in [0.1, 0.15) is 24.0 Å². The highest BCUT2D eigenvalue weighted by molar-refractivity contribution is 5.63. The molecule has 0 unspecified atom stereocenters. The average molecular weight is 242 g/mol. The van der Waals surface area contributed by atoms with Crippen molar-refractivity contribution in [3.8, 4) is 11.3 Å². The first kappa shape index (κ1) is 11.4. The number of nitrogens with zero attached hydrogens (tertiary/aromatic N) is 3. The topological polar surface area (TPSA) is 42.7 Å². The van der Waals surface area contributed by atoms with Crippen molar-refractivity contribution in [2.75, 3.05) is 0 Å². The SMILES string of the molecule is Cc1cc(CNC2CC2)ccc1-c1cnnn1C. The minimum Gasteiger partial charge on any atom is -0.310 e. The second kappa shape index (κ2) is 4.53. The Hall–Kier alpha value is -1.68. The lowest BCUT2D eigenvalue weighted by atomic mass is 10.0. The van der Waals surface area contributed by atoms with Crippen LogP contribution in [0.2, 0.25) is 0 Å². The Labute approximate surface area is 107 Å². The highest BCUT2D eigenvalue weighted by atomic mass is 15.4. The molecule has 0 radical (unpaired) electrons. The van der Waals surface area contributed by atoms with Gasteiger partial charge in [-0.05, 0) is 30.9 Å². The number of hydrogen-bond donors (Lipinski definition) is 1. The quantitative estimate of drug-likeness (QED) is 0.892. The monoisotopic (exact) mass is 242 g/mol. The first-order chi connectivity index (χ1) is 8.74. The second-order valence-electron chi connectivity index (χ2n) is 5.05. The van der Waals surface area contributed by atoms with E-state index in [1.165, 1.54) is 29.5 Å². The number of aromatic nitrogens is 3. The Morgan fingerprint density at radius 3 is 2.83 bits per heavy atom. The van der Waals surface area contributed by atoms with Crippen molar-refractivity contribution < 1.29 is 0 Å². The summed E-state index contributed by atoms with van der Waals surface area (Å²) >= 11 is 0. The molecule has 1 aromatic heterocycles. The molecule has 4 heteroatoms. The fraction of sp³-hybridized carbons (Fsp3) is 0.429. The molecule has 94 valence electrons. The van der Waals surface area contributed by atoms with Crippen LogP contribution in [0.3, 0.4) is 0 Å². The van der Waals surface area contributed by atoms with Gasteiger partial charge in [0.15, 0.2) is 0 Å². The molecule has 18 heavy (non-hydrogen) atoms. The van der Waals surface area contributed by atoms with Crippen LogP contribution >= 0.6 is 0 Å². The van der Waals surface area contributed by atoms with Crippen LogP contribution in [0.5, 0.6) is 0 Å². The zero-order valence-corrected chi connectivity index (χ0v) is 10.8. The molecule has 1 fully saturated rings. The molecule has 1 aromatic carbocycles. The molecule has 0 spiro atoms. The molecule has 4 nitrogen and oxygen atoms in total. The molecule has 3 rings (SSSR count). The number of benzene rings is 1. The van der Waals surface area contributed by atoms with Crippen molar-refractivity contribution in [3.05, 3.63) is 35.5 Å². The molecule has 0 aliphatic heterocycles. The maximum absolute atomic E-state index is 3.98. The Balaban J connectivity index is 1.82. The molecule has 1 heterocycles. The maximum Gasteiger partial charge on any atom is 0.0884 e. The van der Waals surface area contributed by atoms with Gasteiger partial charge in [-0.2, -0.15) is 0 Å². The van der Waals surface area contributed by atoms with Crippen LogP contribution < -0.4 is 5.32 Å². The lowest BCUT2D eigenvalue weighted by Gasteiger charge is -2.09. The molecule has 0 amide bonds. The van der Waals surface area contributed by atoms with Crippen molar-refractivity contribution in [3.63, 3.8) is 0 Å². The summed E-state index contributed by atoms with van der Waals surface area (Å²) in [6.45, 7) is 3.11. The maximum atomic E-state index is 3.98. The van der Waals surface area contributed by atoms with Crippen LogP contribution in [-0.4, -0.2) is 21.0 Å². The first-order valence-corrected chi connectivity index (χ1v) is 6.42. The molecule has 0 atom stereocenters. The fourth-order valence-electron chi connectivity index (χ4n) is 2.21. The minimum absolute atomic E-state index is 0.756. The molecule has 1 saturated carbocycles. The highest BCUT2D eigenvalue weighted by Crippen LogP contribution is 2.24. The van der Waals surface area contributed by atoms with E-state index in [2.05, 4.69) is 40.8 Å². The van der Waals surface area contributed by atoms with Crippen LogP contribution in [0.15, 0.2) is 24.4 Å². The Morgan fingerprint density at radius 2 is 2.22 bits per heavy atom. The third kappa shape index (κ3) is 2.29. The van der Waals surface area contributed by atoms with Gasteiger partial charge >= 0.3 is 0 Å². The van der Waals surface area contributed by atoms with Gasteiger partial charge in [-0.1, -0.05) is 23.4 Å². The molecule has 0 saturated heterocycles. The zero-order valence-electron chi connectivity index (χ0n) is 10.8. The molecular weight excluding hydrogens is 224 g/mol. The first-order valence-electron chi connectivity index (χ1n) is 6.42. The second-order valence-corrected chi connectivity index (χ2v) is 5.05. The Kier molecular flexibility index (Phi) is 2.88. The standard InChI is InChI=1S/C14H18N4/c1-10-7-11(8-15-12-4-5-12)3-6-13(10)14-9-16-17-18(14)2/h3,6-7,9,12,15H,4-5,8H2,1-2H3. The molecule has 1 aliphatic carbocycles. The highest BCUT2D eigenvalue weighted by Gasteiger charge is 2.20. The average Bonchev–Trinajstić information content (AvgIpc) is 3.09. The van der Waals surface area contributed by atoms with Crippen LogP contribution in [0, 0.1) is 6.92 Å². The van der Waals surface area contributed by atoms with E-state index in [0.717, 1.165) is 18.3 Å². The van der Waals surface area contributed by atoms with E-state index in [9.17, 15) is 0 Å². The summed E-state index contributed by atoms with van der Waals surface area (Å²) < 4.78 is 1.81. The third-order valence-electron chi connectivity index (χ3n) is 3.45. The predicted octanol–water partition coefficient (Wildman–Crippen LogP) is 2.04. The number of hydrogen-bond acceptors (Lipinski definition) is 3. The summed E-state index contributed by atoms with van der Waals surface area (Å²) in [6, 6.07) is 7.35. The third-order valence-corrected chi connectivity index (χ3v) is 3.45. The van der Waals surface area contributed by atoms with Crippen LogP contribution in [0.4, 0.5) is 0 Å². The lowest BCUT2D eigenvalue weighted by molar-refractivity contribution is 0.687. The fourth-order valence-corrected chi connectivity index (χ4v) is 2.21. The van der Waals surface area contributed by atoms with Gasteiger partial charge in [0.2, 0.25) is 0 Å². The number of nitrogens with one attached hydrogen (secondary N) is 1. The van der Waals surface area contributed by atoms with Gasteiger partial charge in [0, 0.05) is 25.2 Å². The summed E-state index contributed by atoms with van der Waals surface area (Å²) in [4.78, 5) is 0. The van der Waals surface area contributed by atoms with Crippen molar-refractivity contribution in [1.82, 2.24) is 20.3 Å². The predicted molar refractivity (Wildman–Crippen MR) is 71.0 cm³/mol. The van der Waals surface area contributed by atoms with Crippen molar-refractivity contribution >= 4 is 0 Å². The van der Waals surface area contributed by atoms with E-state index in [4.69, 9.17) is 0 Å². The Morgan fingerprint density at radius 1 is 1.39 bits per heavy atom. The van der Waals surface area contributed by atoms with Crippen LogP contribution in [0.25, 0.3) is 11.3 Å².